The summed E-state index contributed by atoms with van der Waals surface area (Å²) in [6.07, 6.45) is 18.8. The summed E-state index contributed by atoms with van der Waals surface area (Å²) in [5, 5.41) is 42.4. The summed E-state index contributed by atoms with van der Waals surface area (Å²) in [5.41, 5.74) is 5.09. The largest absolute Gasteiger partial charge is 0.478 e. The molecule has 0 fully saturated rings. The van der Waals surface area contributed by atoms with Crippen molar-refractivity contribution in [2.24, 2.45) is 16.8 Å². The number of carboxylic acid groups (broad SMARTS) is 1. The van der Waals surface area contributed by atoms with E-state index in [1.165, 1.54) is 0 Å². The second-order valence-corrected chi connectivity index (χ2v) is 16.2. The van der Waals surface area contributed by atoms with E-state index in [2.05, 4.69) is 63.9 Å². The number of nitrogens with one attached hydrogen (secondary N) is 1. The van der Waals surface area contributed by atoms with Crippen molar-refractivity contribution in [2.45, 2.75) is 117 Å². The van der Waals surface area contributed by atoms with Crippen molar-refractivity contribution in [3.63, 3.8) is 0 Å². The maximum atomic E-state index is 13.3. The second-order valence-electron chi connectivity index (χ2n) is 16.2. The number of unbranched alkanes of at least 4 members (excludes halogenated alkanes) is 4. The quantitative estimate of drug-likeness (QED) is 0.0459. The number of carbonyl (C=O) groups excluding carboxylic acids is 1. The van der Waals surface area contributed by atoms with Crippen LogP contribution in [0.25, 0.3) is 0 Å². The Balaban J connectivity index is 1.81. The topological polar surface area (TPSA) is 143 Å². The number of hydrogen-bond acceptors (Lipinski definition) is 7. The Morgan fingerprint density at radius 2 is 1.59 bits per heavy atom. The molecule has 56 heavy (non-hydrogen) atoms. The molecule has 4 atom stereocenters. The standard InChI is InChI=1S/C47H67N3O6/c1-9-11-18-27-48-41(46(5,6)37-22-20-21-36(29-37)45(55)56)23-16-14-13-15-17-24-42-47(7,8)38-30-35(25-26-39(38)50(42)28-19-12-10-2)44(54)49-31-33(3)43(53)34(4)40(52)32-51/h13-17,20-26,29-30,33-34,40,43,51-53H,9-12,18-19,27-28,31-32H2,1-8H3,(H,49,54)(H,55,56)/b14-13+,17-15+,23-16+,42-24+,48-41+/t33-,34+,40+,43+/m0/s1. The number of allylic oxidation sites excluding steroid dienone is 8. The van der Waals surface area contributed by atoms with E-state index < -0.39 is 36.1 Å². The predicted octanol–water partition coefficient (Wildman–Crippen LogP) is 8.55. The van der Waals surface area contributed by atoms with Gasteiger partial charge in [0.1, 0.15) is 0 Å². The van der Waals surface area contributed by atoms with Crippen LogP contribution >= 0.6 is 0 Å². The zero-order valence-corrected chi connectivity index (χ0v) is 35.0. The normalized spacial score (nSPS) is 17.5. The fraction of sp³-hybridized carbons (Fsp3) is 0.511. The summed E-state index contributed by atoms with van der Waals surface area (Å²) >= 11 is 0. The Hall–Kier alpha value is -4.31. The molecule has 9 heteroatoms. The molecule has 0 spiro atoms. The zero-order chi connectivity index (χ0) is 41.5. The average Bonchev–Trinajstić information content (AvgIpc) is 3.40. The fourth-order valence-corrected chi connectivity index (χ4v) is 7.16. The van der Waals surface area contributed by atoms with E-state index in [-0.39, 0.29) is 29.3 Å². The molecule has 306 valence electrons. The maximum absolute atomic E-state index is 13.3. The molecule has 1 aliphatic rings. The van der Waals surface area contributed by atoms with Gasteiger partial charge in [0.05, 0.1) is 24.4 Å². The third-order valence-corrected chi connectivity index (χ3v) is 11.1. The molecule has 0 bridgehead atoms. The number of carboxylic acids is 1. The van der Waals surface area contributed by atoms with Gasteiger partial charge in [0.15, 0.2) is 0 Å². The van der Waals surface area contributed by atoms with E-state index >= 15 is 0 Å². The van der Waals surface area contributed by atoms with Crippen LogP contribution in [0.15, 0.2) is 95.7 Å². The van der Waals surface area contributed by atoms with E-state index in [4.69, 9.17) is 4.99 Å². The zero-order valence-electron chi connectivity index (χ0n) is 35.0. The van der Waals surface area contributed by atoms with Crippen molar-refractivity contribution in [1.29, 1.82) is 0 Å². The van der Waals surface area contributed by atoms with Gasteiger partial charge >= 0.3 is 5.97 Å². The van der Waals surface area contributed by atoms with Crippen LogP contribution in [0.4, 0.5) is 5.69 Å². The van der Waals surface area contributed by atoms with E-state index in [1.54, 1.807) is 25.1 Å². The van der Waals surface area contributed by atoms with E-state index in [0.717, 1.165) is 73.3 Å². The lowest BCUT2D eigenvalue weighted by atomic mass is 9.79. The Morgan fingerprint density at radius 3 is 2.27 bits per heavy atom. The van der Waals surface area contributed by atoms with Gasteiger partial charge in [-0.2, -0.15) is 0 Å². The van der Waals surface area contributed by atoms with Crippen molar-refractivity contribution in [1.82, 2.24) is 5.32 Å². The first-order valence-electron chi connectivity index (χ1n) is 20.4. The lowest BCUT2D eigenvalue weighted by Gasteiger charge is -2.27. The summed E-state index contributed by atoms with van der Waals surface area (Å²) in [6, 6.07) is 13.0. The van der Waals surface area contributed by atoms with Gasteiger partial charge in [-0.15, -0.1) is 0 Å². The molecule has 2 aromatic carbocycles. The van der Waals surface area contributed by atoms with Crippen LogP contribution in [0.1, 0.15) is 126 Å². The third-order valence-electron chi connectivity index (χ3n) is 11.1. The van der Waals surface area contributed by atoms with Crippen molar-refractivity contribution in [3.05, 3.63) is 113 Å². The van der Waals surface area contributed by atoms with E-state index in [1.807, 2.05) is 61.6 Å². The Bertz CT molecular complexity index is 1750. The monoisotopic (exact) mass is 770 g/mol. The van der Waals surface area contributed by atoms with Gasteiger partial charge in [0.2, 0.25) is 0 Å². The number of aliphatic imine (C=N–C) groups is 1. The Labute approximate surface area is 335 Å². The van der Waals surface area contributed by atoms with Crippen molar-refractivity contribution < 1.29 is 30.0 Å². The average molecular weight is 770 g/mol. The minimum Gasteiger partial charge on any atom is -0.478 e. The number of amides is 1. The lowest BCUT2D eigenvalue weighted by molar-refractivity contribution is -0.0278. The molecule has 0 radical (unpaired) electrons. The van der Waals surface area contributed by atoms with Crippen molar-refractivity contribution >= 4 is 23.3 Å². The Morgan fingerprint density at radius 1 is 0.911 bits per heavy atom. The fourth-order valence-electron chi connectivity index (χ4n) is 7.16. The number of nitrogens with zero attached hydrogens (tertiary/aromatic N) is 2. The molecule has 9 nitrogen and oxygen atoms in total. The summed E-state index contributed by atoms with van der Waals surface area (Å²) in [7, 11) is 0. The first-order chi connectivity index (χ1) is 26.6. The van der Waals surface area contributed by atoms with E-state index in [0.29, 0.717) is 12.1 Å². The molecule has 0 aliphatic carbocycles. The number of fused-ring (bicyclic) bond motifs is 1. The first-order valence-corrected chi connectivity index (χ1v) is 20.4. The molecule has 2 aromatic rings. The highest BCUT2D eigenvalue weighted by atomic mass is 16.4. The van der Waals surface area contributed by atoms with Gasteiger partial charge in [-0.1, -0.05) is 124 Å². The molecule has 0 unspecified atom stereocenters. The molecule has 0 aromatic heterocycles. The number of hydrogen-bond donors (Lipinski definition) is 5. The highest BCUT2D eigenvalue weighted by Gasteiger charge is 2.40. The number of carbonyl (C=O) groups is 2. The molecular weight excluding hydrogens is 703 g/mol. The summed E-state index contributed by atoms with van der Waals surface area (Å²) < 4.78 is 0. The molecule has 0 saturated carbocycles. The summed E-state index contributed by atoms with van der Waals surface area (Å²) in [5.74, 6) is -2.02. The third kappa shape index (κ3) is 12.1. The second kappa shape index (κ2) is 21.8. The summed E-state index contributed by atoms with van der Waals surface area (Å²) in [4.78, 5) is 32.4. The van der Waals surface area contributed by atoms with Crippen LogP contribution in [0, 0.1) is 11.8 Å². The van der Waals surface area contributed by atoms with E-state index in [9.17, 15) is 30.0 Å². The van der Waals surface area contributed by atoms with Crippen LogP contribution in [0.2, 0.25) is 0 Å². The van der Waals surface area contributed by atoms with Gasteiger partial charge in [-0.25, -0.2) is 4.79 Å². The number of aromatic carboxylic acids is 1. The smallest absolute Gasteiger partial charge is 0.335 e. The van der Waals surface area contributed by atoms with Crippen LogP contribution in [-0.2, 0) is 10.8 Å². The minimum absolute atomic E-state index is 0.225. The predicted molar refractivity (Wildman–Crippen MR) is 230 cm³/mol. The van der Waals surface area contributed by atoms with Crippen LogP contribution in [0.3, 0.4) is 0 Å². The molecule has 1 amide bonds. The van der Waals surface area contributed by atoms with Gasteiger partial charge < -0.3 is 30.6 Å². The molecular formula is C47H67N3O6. The molecule has 1 aliphatic heterocycles. The first kappa shape index (κ1) is 46.1. The van der Waals surface area contributed by atoms with Crippen molar-refractivity contribution in [2.75, 3.05) is 31.1 Å². The highest BCUT2D eigenvalue weighted by Crippen LogP contribution is 2.48. The summed E-state index contributed by atoms with van der Waals surface area (Å²) in [6.45, 7) is 17.8. The van der Waals surface area contributed by atoms with Gasteiger partial charge in [0.25, 0.3) is 5.91 Å². The van der Waals surface area contributed by atoms with Gasteiger partial charge in [-0.3, -0.25) is 9.79 Å². The van der Waals surface area contributed by atoms with Gasteiger partial charge in [0, 0.05) is 59.0 Å². The van der Waals surface area contributed by atoms with Crippen LogP contribution < -0.4 is 10.2 Å². The molecule has 1 heterocycles. The van der Waals surface area contributed by atoms with Crippen LogP contribution in [-0.4, -0.2) is 76.5 Å². The number of aliphatic hydroxyl groups is 3. The van der Waals surface area contributed by atoms with Crippen molar-refractivity contribution in [3.8, 4) is 0 Å². The molecule has 3 rings (SSSR count). The number of rotatable bonds is 22. The van der Waals surface area contributed by atoms with Gasteiger partial charge in [-0.05, 0) is 72.4 Å². The maximum Gasteiger partial charge on any atom is 0.335 e. The Kier molecular flexibility index (Phi) is 18.0. The minimum atomic E-state index is -1.03. The number of benzene rings is 2. The SMILES string of the molecule is CCCCC\N=C(/C=C/C=C/C=C/C=C1/N(CCCCC)c2ccc(C(=O)NC[C@H](C)[C@@H](O)[C@H](C)[C@H](O)CO)cc2C1(C)C)C(C)(C)c1cccc(C(=O)O)c1. The van der Waals surface area contributed by atoms with Crippen LogP contribution in [0.5, 0.6) is 0 Å². The molecule has 0 saturated heterocycles. The number of anilines is 1. The molecule has 5 N–H and O–H groups in total. The lowest BCUT2D eigenvalue weighted by Crippen LogP contribution is -2.40. The highest BCUT2D eigenvalue weighted by molar-refractivity contribution is 6.03. The number of aliphatic hydroxyl groups excluding tert-OH is 3.